The van der Waals surface area contributed by atoms with Crippen LogP contribution in [0.1, 0.15) is 18.4 Å². The van der Waals surface area contributed by atoms with Gasteiger partial charge in [0.15, 0.2) is 6.17 Å². The van der Waals surface area contributed by atoms with E-state index in [1.54, 1.807) is 0 Å². The summed E-state index contributed by atoms with van der Waals surface area (Å²) in [5, 5.41) is 34.0. The van der Waals surface area contributed by atoms with E-state index in [1.165, 1.54) is 24.3 Å². The zero-order chi connectivity index (χ0) is 29.8. The zero-order valence-corrected chi connectivity index (χ0v) is 23.9. The van der Waals surface area contributed by atoms with Crippen LogP contribution in [0.15, 0.2) is 48.5 Å². The number of aliphatic hydroxyl groups is 3. The Hall–Kier alpha value is -2.67. The minimum Gasteiger partial charge on any atom is -0.462 e. The maximum Gasteiger partial charge on any atom is 0.243 e. The van der Waals surface area contributed by atoms with Crippen LogP contribution in [0.5, 0.6) is 5.75 Å². The number of alkyl halides is 3. The minimum atomic E-state index is -2.03. The lowest BCUT2D eigenvalue weighted by Gasteiger charge is -2.38. The summed E-state index contributed by atoms with van der Waals surface area (Å²) in [7, 11) is 0. The first kappa shape index (κ1) is 32.8. The average Bonchev–Trinajstić information content (AvgIpc) is 2.97. The number of rotatable bonds is 15. The Balaban J connectivity index is 1.36. The highest BCUT2D eigenvalue weighted by atomic mass is 35.5. The average molecular weight is 617 g/mol. The molecule has 10 nitrogen and oxygen atoms in total. The third-order valence-electron chi connectivity index (χ3n) is 6.52. The number of hydrogen-bond donors (Lipinski definition) is 5. The number of halogens is 3. The molecule has 0 aromatic heterocycles. The SMILES string of the molecule is O=C(CCCc1ccc(N(CCCl)CCCl)cc1)NCC(=O)Nc1ccc(O[C@@H]2O[C@H](CO)[C@@H](O)[C@H](O)[C@@H]2F)cc1. The molecular formula is C28H36Cl2FN3O7. The van der Waals surface area contributed by atoms with Gasteiger partial charge in [0, 0.05) is 42.6 Å². The molecule has 0 bridgehead atoms. The van der Waals surface area contributed by atoms with Crippen molar-refractivity contribution in [1.29, 1.82) is 0 Å². The van der Waals surface area contributed by atoms with Gasteiger partial charge >= 0.3 is 0 Å². The molecule has 1 saturated heterocycles. The second kappa shape index (κ2) is 16.7. The number of benzene rings is 2. The fourth-order valence-corrected chi connectivity index (χ4v) is 4.67. The van der Waals surface area contributed by atoms with E-state index in [2.05, 4.69) is 15.5 Å². The Morgan fingerprint density at radius 1 is 0.976 bits per heavy atom. The van der Waals surface area contributed by atoms with E-state index in [-0.39, 0.29) is 24.6 Å². The molecule has 1 fully saturated rings. The summed E-state index contributed by atoms with van der Waals surface area (Å²) in [4.78, 5) is 26.6. The molecule has 0 spiro atoms. The highest BCUT2D eigenvalue weighted by molar-refractivity contribution is 6.18. The van der Waals surface area contributed by atoms with Crippen LogP contribution in [-0.4, -0.2) is 95.9 Å². The minimum absolute atomic E-state index is 0.182. The van der Waals surface area contributed by atoms with E-state index in [4.69, 9.17) is 32.7 Å². The van der Waals surface area contributed by atoms with Crippen molar-refractivity contribution in [3.63, 3.8) is 0 Å². The first-order chi connectivity index (χ1) is 19.7. The number of ether oxygens (including phenoxy) is 2. The van der Waals surface area contributed by atoms with Crippen LogP contribution in [0.3, 0.4) is 0 Å². The van der Waals surface area contributed by atoms with Gasteiger partial charge in [-0.05, 0) is 54.8 Å². The van der Waals surface area contributed by atoms with Crippen molar-refractivity contribution in [3.05, 3.63) is 54.1 Å². The lowest BCUT2D eigenvalue weighted by molar-refractivity contribution is -0.261. The molecule has 2 aromatic rings. The first-order valence-corrected chi connectivity index (χ1v) is 14.4. The topological polar surface area (TPSA) is 141 Å². The van der Waals surface area contributed by atoms with Crippen LogP contribution < -0.4 is 20.3 Å². The Morgan fingerprint density at radius 3 is 2.24 bits per heavy atom. The molecule has 0 aliphatic carbocycles. The predicted octanol–water partition coefficient (Wildman–Crippen LogP) is 2.20. The van der Waals surface area contributed by atoms with Gasteiger partial charge in [0.05, 0.1) is 13.2 Å². The molecule has 0 unspecified atom stereocenters. The maximum atomic E-state index is 14.3. The first-order valence-electron chi connectivity index (χ1n) is 13.3. The van der Waals surface area contributed by atoms with E-state index in [0.29, 0.717) is 43.4 Å². The van der Waals surface area contributed by atoms with Gasteiger partial charge in [-0.3, -0.25) is 9.59 Å². The van der Waals surface area contributed by atoms with Crippen molar-refractivity contribution in [2.24, 2.45) is 0 Å². The number of anilines is 2. The van der Waals surface area contributed by atoms with E-state index in [9.17, 15) is 29.3 Å². The fraction of sp³-hybridized carbons (Fsp3) is 0.500. The zero-order valence-electron chi connectivity index (χ0n) is 22.4. The number of carbonyl (C=O) groups excluding carboxylic acids is 2. The monoisotopic (exact) mass is 615 g/mol. The Morgan fingerprint density at radius 2 is 1.63 bits per heavy atom. The van der Waals surface area contributed by atoms with Gasteiger partial charge < -0.3 is 40.3 Å². The second-order valence-electron chi connectivity index (χ2n) is 9.50. The van der Waals surface area contributed by atoms with Crippen molar-refractivity contribution < 1.29 is 38.8 Å². The highest BCUT2D eigenvalue weighted by Crippen LogP contribution is 2.27. The Bertz CT molecular complexity index is 1090. The molecule has 0 radical (unpaired) electrons. The quantitative estimate of drug-likeness (QED) is 0.192. The van der Waals surface area contributed by atoms with Crippen LogP contribution in [0.25, 0.3) is 0 Å². The van der Waals surface area contributed by atoms with E-state index in [0.717, 1.165) is 11.3 Å². The van der Waals surface area contributed by atoms with Gasteiger partial charge in [-0.15, -0.1) is 23.2 Å². The number of aryl methyl sites for hydroxylation is 1. The maximum absolute atomic E-state index is 14.3. The summed E-state index contributed by atoms with van der Waals surface area (Å²) >= 11 is 11.7. The summed E-state index contributed by atoms with van der Waals surface area (Å²) in [6.07, 6.45) is -6.50. The van der Waals surface area contributed by atoms with Gasteiger partial charge in [-0.25, -0.2) is 4.39 Å². The third kappa shape index (κ3) is 9.98. The van der Waals surface area contributed by atoms with Gasteiger partial charge in [-0.2, -0.15) is 0 Å². The molecule has 2 aromatic carbocycles. The van der Waals surface area contributed by atoms with Crippen molar-refractivity contribution in [1.82, 2.24) is 5.32 Å². The summed E-state index contributed by atoms with van der Waals surface area (Å²) in [5.41, 5.74) is 2.56. The van der Waals surface area contributed by atoms with Crippen molar-refractivity contribution in [2.75, 3.05) is 48.2 Å². The molecule has 1 aliphatic heterocycles. The number of hydrogen-bond acceptors (Lipinski definition) is 8. The van der Waals surface area contributed by atoms with Crippen molar-refractivity contribution in [3.8, 4) is 5.75 Å². The Labute approximate surface area is 248 Å². The lowest BCUT2D eigenvalue weighted by Crippen LogP contribution is -2.58. The fourth-order valence-electron chi connectivity index (χ4n) is 4.26. The van der Waals surface area contributed by atoms with E-state index >= 15 is 0 Å². The summed E-state index contributed by atoms with van der Waals surface area (Å²) < 4.78 is 24.9. The van der Waals surface area contributed by atoms with Gasteiger partial charge in [-0.1, -0.05) is 12.1 Å². The van der Waals surface area contributed by atoms with Crippen LogP contribution >= 0.6 is 23.2 Å². The van der Waals surface area contributed by atoms with Crippen molar-refractivity contribution >= 4 is 46.4 Å². The van der Waals surface area contributed by atoms with Crippen molar-refractivity contribution in [2.45, 2.75) is 50.0 Å². The van der Waals surface area contributed by atoms with E-state index in [1.807, 2.05) is 24.3 Å². The van der Waals surface area contributed by atoms with E-state index < -0.39 is 43.3 Å². The molecule has 2 amide bonds. The van der Waals surface area contributed by atoms with Crippen LogP contribution in [-0.2, 0) is 20.7 Å². The van der Waals surface area contributed by atoms with Gasteiger partial charge in [0.25, 0.3) is 0 Å². The molecule has 5 atom stereocenters. The summed E-state index contributed by atoms with van der Waals surface area (Å²) in [5.74, 6) is 0.540. The predicted molar refractivity (Wildman–Crippen MR) is 154 cm³/mol. The van der Waals surface area contributed by atoms with Crippen LogP contribution in [0.2, 0.25) is 0 Å². The molecule has 1 heterocycles. The standard InChI is InChI=1S/C28H36Cl2FN3O7/c29-12-14-34(15-13-30)20-8-4-18(5-9-20)2-1-3-23(36)32-16-24(37)33-19-6-10-21(11-7-19)40-28-25(31)27(39)26(38)22(17-35)41-28/h4-11,22,25-28,35,38-39H,1-3,12-17H2,(H,32,36)(H,33,37)/t22-,25+,26-,27-,28-/m1/s1. The van der Waals surface area contributed by atoms with Crippen LogP contribution in [0, 0.1) is 0 Å². The number of carbonyl (C=O) groups is 2. The molecular weight excluding hydrogens is 580 g/mol. The molecule has 0 saturated carbocycles. The third-order valence-corrected chi connectivity index (χ3v) is 6.86. The molecule has 226 valence electrons. The van der Waals surface area contributed by atoms with Gasteiger partial charge in [0.1, 0.15) is 24.1 Å². The molecule has 1 aliphatic rings. The molecule has 41 heavy (non-hydrogen) atoms. The molecule has 3 rings (SSSR count). The number of aliphatic hydroxyl groups excluding tert-OH is 3. The molecule has 13 heteroatoms. The largest absolute Gasteiger partial charge is 0.462 e. The normalized spacial score (nSPS) is 22.1. The van der Waals surface area contributed by atoms with Gasteiger partial charge in [0.2, 0.25) is 18.1 Å². The highest BCUT2D eigenvalue weighted by Gasteiger charge is 2.46. The molecule has 5 N–H and O–H groups in total. The number of amides is 2. The van der Waals surface area contributed by atoms with Crippen LogP contribution in [0.4, 0.5) is 15.8 Å². The Kier molecular flexibility index (Phi) is 13.4. The number of nitrogens with zero attached hydrogens (tertiary/aromatic N) is 1. The lowest BCUT2D eigenvalue weighted by atomic mass is 10.0. The summed E-state index contributed by atoms with van der Waals surface area (Å²) in [6.45, 7) is 0.598. The second-order valence-corrected chi connectivity index (χ2v) is 10.3. The smallest absolute Gasteiger partial charge is 0.243 e. The summed E-state index contributed by atoms with van der Waals surface area (Å²) in [6, 6.07) is 14.0. The number of nitrogens with one attached hydrogen (secondary N) is 2.